The van der Waals surface area contributed by atoms with E-state index in [1.807, 2.05) is 26.0 Å². The van der Waals surface area contributed by atoms with Crippen LogP contribution in [0, 0.1) is 6.92 Å². The molecule has 0 saturated carbocycles. The highest BCUT2D eigenvalue weighted by Gasteiger charge is 2.22. The van der Waals surface area contributed by atoms with Gasteiger partial charge in [0.05, 0.1) is 12.6 Å². The van der Waals surface area contributed by atoms with Crippen molar-refractivity contribution in [1.82, 2.24) is 20.9 Å². The van der Waals surface area contributed by atoms with Gasteiger partial charge >= 0.3 is 6.03 Å². The van der Waals surface area contributed by atoms with Crippen LogP contribution in [0.15, 0.2) is 16.5 Å². The van der Waals surface area contributed by atoms with Gasteiger partial charge in [0, 0.05) is 26.2 Å². The molecule has 1 aromatic heterocycles. The van der Waals surface area contributed by atoms with Gasteiger partial charge in [-0.1, -0.05) is 0 Å². The summed E-state index contributed by atoms with van der Waals surface area (Å²) in [6.07, 6.45) is 1.69. The first-order chi connectivity index (χ1) is 11.0. The number of furan rings is 1. The Kier molecular flexibility index (Phi) is 6.04. The number of hydrogen-bond acceptors (Lipinski definition) is 4. The average Bonchev–Trinajstić information content (AvgIpc) is 2.95. The third-order valence-electron chi connectivity index (χ3n) is 4.10. The third-order valence-corrected chi connectivity index (χ3v) is 4.10. The van der Waals surface area contributed by atoms with E-state index in [0.717, 1.165) is 37.5 Å². The quantitative estimate of drug-likeness (QED) is 0.759. The summed E-state index contributed by atoms with van der Waals surface area (Å²) >= 11 is 0. The Balaban J connectivity index is 1.71. The Labute approximate surface area is 136 Å². The Hall–Kier alpha value is -2.02. The van der Waals surface area contributed by atoms with Crippen LogP contribution in [0.3, 0.4) is 0 Å². The molecule has 2 heterocycles. The van der Waals surface area contributed by atoms with Gasteiger partial charge < -0.3 is 20.4 Å². The van der Waals surface area contributed by atoms with Gasteiger partial charge in [-0.15, -0.1) is 0 Å². The minimum Gasteiger partial charge on any atom is -0.464 e. The second-order valence-corrected chi connectivity index (χ2v) is 6.01. The zero-order valence-electron chi connectivity index (χ0n) is 14.0. The van der Waals surface area contributed by atoms with Crippen molar-refractivity contribution in [3.63, 3.8) is 0 Å². The first kappa shape index (κ1) is 17.3. The molecule has 128 valence electrons. The minimum atomic E-state index is -0.184. The second-order valence-electron chi connectivity index (χ2n) is 6.01. The molecule has 0 radical (unpaired) electrons. The molecule has 1 aliphatic heterocycles. The molecule has 3 N–H and O–H groups in total. The SMILES string of the molecule is CNC(=O)CN1CCC(NC(=O)N[C@@H](C)c2ccc(C)o2)CC1. The molecule has 7 heteroatoms. The van der Waals surface area contributed by atoms with Crippen molar-refractivity contribution in [3.8, 4) is 0 Å². The fraction of sp³-hybridized carbons (Fsp3) is 0.625. The van der Waals surface area contributed by atoms with Crippen molar-refractivity contribution in [1.29, 1.82) is 0 Å². The number of likely N-dealkylation sites (N-methyl/N-ethyl adjacent to an activating group) is 1. The molecule has 0 bridgehead atoms. The fourth-order valence-corrected chi connectivity index (χ4v) is 2.70. The van der Waals surface area contributed by atoms with Gasteiger partial charge in [0.1, 0.15) is 11.5 Å². The summed E-state index contributed by atoms with van der Waals surface area (Å²) < 4.78 is 5.51. The summed E-state index contributed by atoms with van der Waals surface area (Å²) in [5.74, 6) is 1.60. The number of carbonyl (C=O) groups is 2. The number of aryl methyl sites for hydroxylation is 1. The maximum absolute atomic E-state index is 12.1. The van der Waals surface area contributed by atoms with Gasteiger partial charge in [-0.3, -0.25) is 9.69 Å². The van der Waals surface area contributed by atoms with Crippen LogP contribution in [-0.4, -0.2) is 49.6 Å². The standard InChI is InChI=1S/C16H26N4O3/c1-11-4-5-14(23-11)12(2)18-16(22)19-13-6-8-20(9-7-13)10-15(21)17-3/h4-5,12-13H,6-10H2,1-3H3,(H,17,21)(H2,18,19,22)/t12-/m0/s1. The Morgan fingerprint density at radius 3 is 2.61 bits per heavy atom. The number of nitrogens with zero attached hydrogens (tertiary/aromatic N) is 1. The molecular weight excluding hydrogens is 296 g/mol. The summed E-state index contributed by atoms with van der Waals surface area (Å²) in [7, 11) is 1.64. The van der Waals surface area contributed by atoms with Crippen molar-refractivity contribution in [2.45, 2.75) is 38.8 Å². The number of rotatable bonds is 5. The molecule has 3 amide bonds. The van der Waals surface area contributed by atoms with E-state index in [2.05, 4.69) is 20.9 Å². The molecule has 0 aromatic carbocycles. The van der Waals surface area contributed by atoms with Gasteiger partial charge in [0.2, 0.25) is 5.91 Å². The predicted octanol–water partition coefficient (Wildman–Crippen LogP) is 1.16. The maximum Gasteiger partial charge on any atom is 0.315 e. The summed E-state index contributed by atoms with van der Waals surface area (Å²) in [5, 5.41) is 8.51. The van der Waals surface area contributed by atoms with Crippen molar-refractivity contribution < 1.29 is 14.0 Å². The van der Waals surface area contributed by atoms with Crippen molar-refractivity contribution in [3.05, 3.63) is 23.7 Å². The number of nitrogens with one attached hydrogen (secondary N) is 3. The molecular formula is C16H26N4O3. The number of hydrogen-bond donors (Lipinski definition) is 3. The normalized spacial score (nSPS) is 17.5. The lowest BCUT2D eigenvalue weighted by Crippen LogP contribution is -2.49. The lowest BCUT2D eigenvalue weighted by atomic mass is 10.1. The van der Waals surface area contributed by atoms with E-state index in [4.69, 9.17) is 4.42 Å². The fourth-order valence-electron chi connectivity index (χ4n) is 2.70. The van der Waals surface area contributed by atoms with Crippen LogP contribution in [0.4, 0.5) is 4.79 Å². The molecule has 2 rings (SSSR count). The van der Waals surface area contributed by atoms with Crippen LogP contribution in [-0.2, 0) is 4.79 Å². The third kappa shape index (κ3) is 5.28. The van der Waals surface area contributed by atoms with Gasteiger partial charge in [0.15, 0.2) is 0 Å². The van der Waals surface area contributed by atoms with Crippen molar-refractivity contribution in [2.24, 2.45) is 0 Å². The Morgan fingerprint density at radius 2 is 2.04 bits per heavy atom. The van der Waals surface area contributed by atoms with E-state index in [9.17, 15) is 9.59 Å². The molecule has 1 atom stereocenters. The van der Waals surface area contributed by atoms with E-state index in [1.165, 1.54) is 0 Å². The topological polar surface area (TPSA) is 86.6 Å². The van der Waals surface area contributed by atoms with Crippen LogP contribution < -0.4 is 16.0 Å². The smallest absolute Gasteiger partial charge is 0.315 e. The molecule has 1 fully saturated rings. The summed E-state index contributed by atoms with van der Waals surface area (Å²) in [4.78, 5) is 25.5. The Morgan fingerprint density at radius 1 is 1.35 bits per heavy atom. The van der Waals surface area contributed by atoms with Crippen LogP contribution >= 0.6 is 0 Å². The van der Waals surface area contributed by atoms with Crippen LogP contribution in [0.2, 0.25) is 0 Å². The van der Waals surface area contributed by atoms with Crippen molar-refractivity contribution >= 4 is 11.9 Å². The lowest BCUT2D eigenvalue weighted by molar-refractivity contribution is -0.122. The number of piperidine rings is 1. The number of likely N-dealkylation sites (tertiary alicyclic amines) is 1. The van der Waals surface area contributed by atoms with Gasteiger partial charge in [-0.25, -0.2) is 4.79 Å². The Bertz CT molecular complexity index is 535. The molecule has 0 aliphatic carbocycles. The second kappa shape index (κ2) is 8.01. The van der Waals surface area contributed by atoms with E-state index in [-0.39, 0.29) is 24.0 Å². The largest absolute Gasteiger partial charge is 0.464 e. The highest BCUT2D eigenvalue weighted by Crippen LogP contribution is 2.15. The van der Waals surface area contributed by atoms with Crippen LogP contribution in [0.25, 0.3) is 0 Å². The number of urea groups is 1. The highest BCUT2D eigenvalue weighted by molar-refractivity contribution is 5.77. The minimum absolute atomic E-state index is 0.0247. The first-order valence-corrected chi connectivity index (χ1v) is 8.04. The average molecular weight is 322 g/mol. The molecule has 0 unspecified atom stereocenters. The number of carbonyl (C=O) groups excluding carboxylic acids is 2. The van der Waals surface area contributed by atoms with Crippen LogP contribution in [0.1, 0.15) is 37.3 Å². The molecule has 1 aromatic rings. The number of amides is 3. The molecule has 23 heavy (non-hydrogen) atoms. The summed E-state index contributed by atoms with van der Waals surface area (Å²) in [5.41, 5.74) is 0. The van der Waals surface area contributed by atoms with Gasteiger partial charge in [0.25, 0.3) is 0 Å². The van der Waals surface area contributed by atoms with E-state index in [1.54, 1.807) is 7.05 Å². The predicted molar refractivity (Wildman–Crippen MR) is 87.1 cm³/mol. The summed E-state index contributed by atoms with van der Waals surface area (Å²) in [6.45, 7) is 5.81. The highest BCUT2D eigenvalue weighted by atomic mass is 16.3. The van der Waals surface area contributed by atoms with Gasteiger partial charge in [-0.2, -0.15) is 0 Å². The maximum atomic E-state index is 12.1. The summed E-state index contributed by atoms with van der Waals surface area (Å²) in [6, 6.07) is 3.54. The lowest BCUT2D eigenvalue weighted by Gasteiger charge is -2.31. The zero-order chi connectivity index (χ0) is 16.8. The van der Waals surface area contributed by atoms with Gasteiger partial charge in [-0.05, 0) is 38.8 Å². The molecule has 1 saturated heterocycles. The molecule has 7 nitrogen and oxygen atoms in total. The molecule has 0 spiro atoms. The van der Waals surface area contributed by atoms with E-state index in [0.29, 0.717) is 6.54 Å². The molecule has 1 aliphatic rings. The van der Waals surface area contributed by atoms with Crippen LogP contribution in [0.5, 0.6) is 0 Å². The first-order valence-electron chi connectivity index (χ1n) is 8.04. The monoisotopic (exact) mass is 322 g/mol. The van der Waals surface area contributed by atoms with E-state index < -0.39 is 0 Å². The van der Waals surface area contributed by atoms with Crippen molar-refractivity contribution in [2.75, 3.05) is 26.7 Å². The zero-order valence-corrected chi connectivity index (χ0v) is 14.0. The van der Waals surface area contributed by atoms with E-state index >= 15 is 0 Å².